The van der Waals surface area contributed by atoms with Crippen LogP contribution < -0.4 is 50.2 Å². The zero-order valence-electron chi connectivity index (χ0n) is 39.5. The van der Waals surface area contributed by atoms with E-state index in [0.29, 0.717) is 122 Å². The highest BCUT2D eigenvalue weighted by Gasteiger charge is 2.20. The van der Waals surface area contributed by atoms with Gasteiger partial charge in [-0.05, 0) is 126 Å². The molecule has 8 rings (SSSR count). The van der Waals surface area contributed by atoms with Crippen LogP contribution in [0.5, 0.6) is 34.5 Å². The maximum Gasteiger partial charge on any atom is 0.265 e. The molecule has 0 fully saturated rings. The number of hydrogen-bond acceptors (Lipinski definition) is 12. The molecule has 0 atom stereocenters. The first-order chi connectivity index (χ1) is 33.4. The van der Waals surface area contributed by atoms with Crippen LogP contribution in [-0.2, 0) is 0 Å². The third-order valence-electron chi connectivity index (χ3n) is 10.7. The summed E-state index contributed by atoms with van der Waals surface area (Å²) in [6.45, 7) is 10.4. The van der Waals surface area contributed by atoms with Gasteiger partial charge >= 0.3 is 0 Å². The number of benzene rings is 6. The summed E-state index contributed by atoms with van der Waals surface area (Å²) in [5.41, 5.74) is 4.04. The fourth-order valence-corrected chi connectivity index (χ4v) is 7.65. The molecule has 2 amide bonds. The summed E-state index contributed by atoms with van der Waals surface area (Å²) in [6.07, 6.45) is 0. The Kier molecular flexibility index (Phi) is 15.2. The Labute approximate surface area is 401 Å². The van der Waals surface area contributed by atoms with E-state index in [2.05, 4.69) is 20.6 Å². The number of anilines is 2. The molecule has 0 saturated heterocycles. The number of carbonyl (C=O) groups excluding carboxylic acids is 2. The van der Waals surface area contributed by atoms with E-state index in [-0.39, 0.29) is 25.8 Å². The Bertz CT molecular complexity index is 3250. The number of amides is 2. The number of para-hydroxylation sites is 2. The van der Waals surface area contributed by atoms with Crippen molar-refractivity contribution in [1.29, 1.82) is 0 Å². The van der Waals surface area contributed by atoms with Crippen molar-refractivity contribution in [3.63, 3.8) is 0 Å². The lowest BCUT2D eigenvalue weighted by atomic mass is 10.1. The second-order valence-corrected chi connectivity index (χ2v) is 15.2. The van der Waals surface area contributed by atoms with Gasteiger partial charge in [-0.3, -0.25) is 28.3 Å². The van der Waals surface area contributed by atoms with Crippen LogP contribution in [0.25, 0.3) is 33.2 Å². The monoisotopic (exact) mass is 936 g/mol. The van der Waals surface area contributed by atoms with Gasteiger partial charge in [-0.15, -0.1) is 0 Å². The zero-order chi connectivity index (χ0) is 49.2. The molecule has 0 radical (unpaired) electrons. The summed E-state index contributed by atoms with van der Waals surface area (Å²) >= 11 is 0. The molecule has 2 N–H and O–H groups in total. The molecule has 6 aromatic carbocycles. The van der Waals surface area contributed by atoms with Gasteiger partial charge in [0.2, 0.25) is 11.5 Å². The first kappa shape index (κ1) is 48.3. The Morgan fingerprint density at radius 3 is 1.45 bits per heavy atom. The van der Waals surface area contributed by atoms with Gasteiger partial charge in [-0.1, -0.05) is 30.3 Å². The molecule has 8 aromatic rings. The molecule has 2 aromatic heterocycles. The predicted molar refractivity (Wildman–Crippen MR) is 270 cm³/mol. The van der Waals surface area contributed by atoms with E-state index in [1.54, 1.807) is 109 Å². The molecular formula is C53H56N6O10. The summed E-state index contributed by atoms with van der Waals surface area (Å²) in [4.78, 5) is 61.3. The highest BCUT2D eigenvalue weighted by atomic mass is 16.5. The summed E-state index contributed by atoms with van der Waals surface area (Å²) in [5.74, 6) is 2.96. The smallest absolute Gasteiger partial charge is 0.265 e. The van der Waals surface area contributed by atoms with Crippen LogP contribution in [0.2, 0.25) is 0 Å². The summed E-state index contributed by atoms with van der Waals surface area (Å²) in [6, 6.07) is 35.0. The maximum atomic E-state index is 13.1. The largest absolute Gasteiger partial charge is 0.493 e. The molecule has 0 aliphatic rings. The van der Waals surface area contributed by atoms with Gasteiger partial charge < -0.3 is 39.1 Å². The highest BCUT2D eigenvalue weighted by Crippen LogP contribution is 2.40. The van der Waals surface area contributed by atoms with Crippen LogP contribution in [0.15, 0.2) is 131 Å². The minimum Gasteiger partial charge on any atom is -0.493 e. The van der Waals surface area contributed by atoms with Crippen LogP contribution in [0, 0.1) is 13.8 Å². The van der Waals surface area contributed by atoms with E-state index >= 15 is 0 Å². The van der Waals surface area contributed by atoms with Gasteiger partial charge in [0, 0.05) is 25.4 Å². The third-order valence-corrected chi connectivity index (χ3v) is 10.7. The number of nitrogens with one attached hydrogen (secondary N) is 2. The second-order valence-electron chi connectivity index (χ2n) is 15.2. The van der Waals surface area contributed by atoms with Gasteiger partial charge in [0.25, 0.3) is 22.9 Å². The lowest BCUT2D eigenvalue weighted by Crippen LogP contribution is -2.22. The number of rotatable bonds is 15. The zero-order valence-corrected chi connectivity index (χ0v) is 39.5. The molecule has 2 heterocycles. The van der Waals surface area contributed by atoms with Crippen molar-refractivity contribution in [2.75, 3.05) is 51.8 Å². The molecule has 0 bridgehead atoms. The fourth-order valence-electron chi connectivity index (χ4n) is 7.65. The molecular weight excluding hydrogens is 881 g/mol. The average Bonchev–Trinajstić information content (AvgIpc) is 3.35. The maximum absolute atomic E-state index is 13.1. The van der Waals surface area contributed by atoms with Gasteiger partial charge in [0.15, 0.2) is 23.0 Å². The van der Waals surface area contributed by atoms with E-state index < -0.39 is 0 Å². The Morgan fingerprint density at radius 1 is 0.507 bits per heavy atom. The molecule has 0 saturated carbocycles. The molecule has 358 valence electrons. The standard InChI is InChI=1S/C28H29N3O5.C25H23N3O5.2H2/c1-5-34-24-16-19(17-25(35-6-2)26(24)36-7-3)27(32)30-20-12-14-21(15-13-20)31-18(4)29-23-11-9-8-10-22(23)28(31)33;1-15-26-20-11-6-5-10-19(20)25(30)28(15)18-9-7-8-17(14-18)27-24(29)16-12-21(31-2)23(33-4)22(13-16)32-3;;/h8-17H,5-7H2,1-4H3,(H,30,32);5-14H,1-4H3,(H,27,29);2*1H. The minimum absolute atomic E-state index is 0. The number of fused-ring (bicyclic) bond motifs is 2. The van der Waals surface area contributed by atoms with E-state index in [1.807, 2.05) is 51.1 Å². The molecule has 0 spiro atoms. The number of nitrogens with zero attached hydrogens (tertiary/aromatic N) is 4. The Balaban J connectivity index is 0.000000258. The van der Waals surface area contributed by atoms with Crippen molar-refractivity contribution in [1.82, 2.24) is 19.1 Å². The number of aromatic nitrogens is 4. The Morgan fingerprint density at radius 2 is 0.971 bits per heavy atom. The van der Waals surface area contributed by atoms with Gasteiger partial charge in [0.1, 0.15) is 11.6 Å². The molecule has 16 heteroatoms. The summed E-state index contributed by atoms with van der Waals surface area (Å²) in [5, 5.41) is 6.82. The SMILES string of the molecule is CCOc1cc(C(=O)Nc2ccc(-n3c(C)nc4ccccc4c3=O)cc2)cc(OCC)c1OCC.COc1cc(C(=O)Nc2cccc(-n3c(C)nc4ccccc4c3=O)c2)cc(OC)c1OC.[HH].[HH]. The number of aryl methyl sites for hydroxylation is 2. The molecule has 69 heavy (non-hydrogen) atoms. The average molecular weight is 937 g/mol. The van der Waals surface area contributed by atoms with Crippen molar-refractivity contribution >= 4 is 45.0 Å². The fraction of sp³-hybridized carbons (Fsp3) is 0.208. The summed E-state index contributed by atoms with van der Waals surface area (Å²) in [7, 11) is 4.47. The van der Waals surface area contributed by atoms with Crippen molar-refractivity contribution in [2.24, 2.45) is 0 Å². The molecule has 0 unspecified atom stereocenters. The van der Waals surface area contributed by atoms with Crippen LogP contribution in [-0.4, -0.2) is 72.1 Å². The minimum atomic E-state index is -0.368. The molecule has 16 nitrogen and oxygen atoms in total. The van der Waals surface area contributed by atoms with E-state index in [1.165, 1.54) is 25.9 Å². The first-order valence-corrected chi connectivity index (χ1v) is 22.1. The first-order valence-electron chi connectivity index (χ1n) is 22.1. The van der Waals surface area contributed by atoms with Crippen molar-refractivity contribution in [3.8, 4) is 45.9 Å². The number of carbonyl (C=O) groups is 2. The lowest BCUT2D eigenvalue weighted by molar-refractivity contribution is 0.101. The topological polar surface area (TPSA) is 183 Å². The Hall–Kier alpha value is -8.66. The van der Waals surface area contributed by atoms with Crippen LogP contribution in [0.1, 0.15) is 56.0 Å². The van der Waals surface area contributed by atoms with E-state index in [0.717, 1.165) is 0 Å². The van der Waals surface area contributed by atoms with Gasteiger partial charge in [0.05, 0.1) is 74.3 Å². The van der Waals surface area contributed by atoms with Crippen LogP contribution in [0.3, 0.4) is 0 Å². The van der Waals surface area contributed by atoms with Crippen molar-refractivity contribution < 1.29 is 40.9 Å². The second kappa shape index (κ2) is 21.8. The summed E-state index contributed by atoms with van der Waals surface area (Å²) < 4.78 is 36.2. The number of ether oxygens (including phenoxy) is 6. The quantitative estimate of drug-likeness (QED) is 0.0994. The molecule has 0 aliphatic carbocycles. The lowest BCUT2D eigenvalue weighted by Gasteiger charge is -2.17. The predicted octanol–water partition coefficient (Wildman–Crippen LogP) is 9.61. The van der Waals surface area contributed by atoms with E-state index in [4.69, 9.17) is 28.4 Å². The van der Waals surface area contributed by atoms with Crippen LogP contribution in [0.4, 0.5) is 11.4 Å². The number of hydrogen-bond donors (Lipinski definition) is 2. The normalized spacial score (nSPS) is 10.7. The third kappa shape index (κ3) is 10.5. The van der Waals surface area contributed by atoms with Crippen LogP contribution >= 0.6 is 0 Å². The highest BCUT2D eigenvalue weighted by molar-refractivity contribution is 6.06. The molecule has 0 aliphatic heterocycles. The van der Waals surface area contributed by atoms with Gasteiger partial charge in [-0.2, -0.15) is 0 Å². The van der Waals surface area contributed by atoms with Crippen molar-refractivity contribution in [2.45, 2.75) is 34.6 Å². The van der Waals surface area contributed by atoms with Gasteiger partial charge in [-0.25, -0.2) is 9.97 Å². The number of methoxy groups -OCH3 is 3. The van der Waals surface area contributed by atoms with E-state index in [9.17, 15) is 19.2 Å². The van der Waals surface area contributed by atoms with Crippen molar-refractivity contribution in [3.05, 3.63) is 165 Å².